The van der Waals surface area contributed by atoms with E-state index in [2.05, 4.69) is 30.3 Å². The molecule has 0 radical (unpaired) electrons. The zero-order valence-corrected chi connectivity index (χ0v) is 26.1. The monoisotopic (exact) mass is 630 g/mol. The first-order chi connectivity index (χ1) is 27.6. The normalized spacial score (nSPS) is 14.0. The van der Waals surface area contributed by atoms with Crippen LogP contribution in [0.5, 0.6) is 0 Å². The molecule has 9 aromatic carbocycles. The molecule has 0 saturated heterocycles. The quantitative estimate of drug-likeness (QED) is 0.176. The third-order valence-corrected chi connectivity index (χ3v) is 9.43. The van der Waals surface area contributed by atoms with Crippen LogP contribution in [0.1, 0.15) is 11.0 Å². The molecule has 1 nitrogen and oxygen atoms in total. The van der Waals surface area contributed by atoms with E-state index in [1.165, 1.54) is 0 Å². The van der Waals surface area contributed by atoms with Gasteiger partial charge in [0.15, 0.2) is 0 Å². The van der Waals surface area contributed by atoms with Crippen molar-refractivity contribution in [1.29, 1.82) is 0 Å². The maximum absolute atomic E-state index is 9.44. The number of hydrogen-bond donors (Lipinski definition) is 0. The SMILES string of the molecule is [2H]c1c([2H])c([2H])c(-c2c3ccccc3c(-c3ccc4oc5cc6ccccc6cc5c4c3)c3ccccc23)c(-c2c([2H])c([2H])c(-c3ccccc3)c([2H])c2[2H])c1[2H]. The van der Waals surface area contributed by atoms with Crippen LogP contribution in [0.4, 0.5) is 0 Å². The zero-order valence-electron chi connectivity index (χ0n) is 34.1. The van der Waals surface area contributed by atoms with Crippen LogP contribution in [0.2, 0.25) is 0 Å². The highest BCUT2D eigenvalue weighted by Crippen LogP contribution is 2.47. The molecule has 228 valence electrons. The molecule has 1 aromatic heterocycles. The summed E-state index contributed by atoms with van der Waals surface area (Å²) in [6, 6.07) is 39.7. The highest BCUT2D eigenvalue weighted by molar-refractivity contribution is 6.23. The lowest BCUT2D eigenvalue weighted by molar-refractivity contribution is 0.669. The van der Waals surface area contributed by atoms with Crippen molar-refractivity contribution < 1.29 is 15.4 Å². The zero-order chi connectivity index (χ0) is 39.3. The summed E-state index contributed by atoms with van der Waals surface area (Å²) in [6.45, 7) is 0. The third-order valence-electron chi connectivity index (χ3n) is 9.43. The van der Waals surface area contributed by atoms with E-state index < -0.39 is 18.1 Å². The third kappa shape index (κ3) is 4.47. The van der Waals surface area contributed by atoms with Crippen LogP contribution in [0, 0.1) is 0 Å². The molecule has 0 aliphatic rings. The van der Waals surface area contributed by atoms with E-state index in [1.807, 2.05) is 72.8 Å². The molecule has 0 bridgehead atoms. The van der Waals surface area contributed by atoms with Crippen molar-refractivity contribution in [3.05, 3.63) is 182 Å². The maximum Gasteiger partial charge on any atom is 0.136 e. The molecule has 1 heterocycles. The molecule has 0 aliphatic carbocycles. The van der Waals surface area contributed by atoms with Crippen LogP contribution >= 0.6 is 0 Å². The van der Waals surface area contributed by atoms with Crippen LogP contribution in [0.3, 0.4) is 0 Å². The van der Waals surface area contributed by atoms with Gasteiger partial charge in [-0.3, -0.25) is 0 Å². The Hall–Kier alpha value is -6.44. The molecule has 0 spiro atoms. The smallest absolute Gasteiger partial charge is 0.136 e. The van der Waals surface area contributed by atoms with Gasteiger partial charge in [-0.15, -0.1) is 0 Å². The molecule has 0 amide bonds. The molecule has 0 saturated carbocycles. The summed E-state index contributed by atoms with van der Waals surface area (Å²) in [5.74, 6) is 0. The molecule has 49 heavy (non-hydrogen) atoms. The van der Waals surface area contributed by atoms with Crippen molar-refractivity contribution in [2.75, 3.05) is 0 Å². The highest BCUT2D eigenvalue weighted by Gasteiger charge is 2.20. The second-order valence-corrected chi connectivity index (χ2v) is 12.2. The summed E-state index contributed by atoms with van der Waals surface area (Å²) in [5.41, 5.74) is 4.40. The van der Waals surface area contributed by atoms with E-state index in [-0.39, 0.29) is 52.5 Å². The van der Waals surface area contributed by atoms with Crippen LogP contribution in [0.15, 0.2) is 186 Å². The topological polar surface area (TPSA) is 13.1 Å². The van der Waals surface area contributed by atoms with Gasteiger partial charge in [-0.1, -0.05) is 158 Å². The van der Waals surface area contributed by atoms with Crippen LogP contribution in [-0.2, 0) is 0 Å². The van der Waals surface area contributed by atoms with Crippen molar-refractivity contribution in [2.45, 2.75) is 0 Å². The Kier molecular flexibility index (Phi) is 4.69. The second-order valence-electron chi connectivity index (χ2n) is 12.2. The maximum atomic E-state index is 9.44. The number of fused-ring (bicyclic) bond motifs is 6. The van der Waals surface area contributed by atoms with Crippen molar-refractivity contribution in [1.82, 2.24) is 0 Å². The Labute approximate surface area is 295 Å². The molecular formula is C48H30O. The second kappa shape index (κ2) is 11.1. The van der Waals surface area contributed by atoms with Gasteiger partial charge in [0.2, 0.25) is 0 Å². The Balaban J connectivity index is 1.30. The van der Waals surface area contributed by atoms with Crippen LogP contribution in [0.25, 0.3) is 98.8 Å². The number of benzene rings is 9. The summed E-state index contributed by atoms with van der Waals surface area (Å²) in [5, 5.41) is 7.25. The summed E-state index contributed by atoms with van der Waals surface area (Å²) in [6.07, 6.45) is 0. The lowest BCUT2D eigenvalue weighted by Crippen LogP contribution is -1.92. The lowest BCUT2D eigenvalue weighted by atomic mass is 9.83. The van der Waals surface area contributed by atoms with Crippen molar-refractivity contribution in [3.8, 4) is 44.5 Å². The van der Waals surface area contributed by atoms with Gasteiger partial charge in [-0.25, -0.2) is 0 Å². The van der Waals surface area contributed by atoms with E-state index in [0.29, 0.717) is 21.9 Å². The molecule has 0 fully saturated rings. The average Bonchev–Trinajstić information content (AvgIpc) is 3.59. The number of hydrogen-bond acceptors (Lipinski definition) is 1. The van der Waals surface area contributed by atoms with E-state index >= 15 is 0 Å². The molecule has 1 heteroatoms. The van der Waals surface area contributed by atoms with Gasteiger partial charge in [-0.2, -0.15) is 0 Å². The Bertz CT molecular complexity index is 3250. The fourth-order valence-electron chi connectivity index (χ4n) is 7.20. The molecule has 10 aromatic rings. The first-order valence-corrected chi connectivity index (χ1v) is 16.2. The number of furan rings is 1. The van der Waals surface area contributed by atoms with Crippen LogP contribution < -0.4 is 0 Å². The number of rotatable bonds is 4. The lowest BCUT2D eigenvalue weighted by Gasteiger charge is -2.20. The molecule has 10 rings (SSSR count). The summed E-state index contributed by atoms with van der Waals surface area (Å²) >= 11 is 0. The predicted molar refractivity (Wildman–Crippen MR) is 208 cm³/mol. The average molecular weight is 631 g/mol. The molecule has 0 atom stereocenters. The summed E-state index contributed by atoms with van der Waals surface area (Å²) in [7, 11) is 0. The minimum absolute atomic E-state index is 0.0841. The fraction of sp³-hybridized carbons (Fsp3) is 0. The van der Waals surface area contributed by atoms with E-state index in [0.717, 1.165) is 54.6 Å². The van der Waals surface area contributed by atoms with E-state index in [1.54, 1.807) is 30.3 Å². The van der Waals surface area contributed by atoms with E-state index in [4.69, 9.17) is 9.90 Å². The van der Waals surface area contributed by atoms with Gasteiger partial charge >= 0.3 is 0 Å². The minimum atomic E-state index is -0.526. The first kappa shape index (κ1) is 20.7. The predicted octanol–water partition coefficient (Wildman–Crippen LogP) is 13.7. The molecular weight excluding hydrogens is 593 g/mol. The van der Waals surface area contributed by atoms with Gasteiger partial charge in [-0.05, 0) is 101 Å². The summed E-state index contributed by atoms with van der Waals surface area (Å²) in [4.78, 5) is 0. The largest absolute Gasteiger partial charge is 0.456 e. The Morgan fingerprint density at radius 1 is 0.347 bits per heavy atom. The molecule has 0 aliphatic heterocycles. The van der Waals surface area contributed by atoms with E-state index in [9.17, 15) is 5.48 Å². The van der Waals surface area contributed by atoms with Crippen LogP contribution in [-0.4, -0.2) is 0 Å². The van der Waals surface area contributed by atoms with Crippen molar-refractivity contribution in [2.24, 2.45) is 0 Å². The Morgan fingerprint density at radius 3 is 1.59 bits per heavy atom. The minimum Gasteiger partial charge on any atom is -0.456 e. The Morgan fingerprint density at radius 2 is 0.898 bits per heavy atom. The molecule has 0 unspecified atom stereocenters. The molecule has 0 N–H and O–H groups in total. The highest BCUT2D eigenvalue weighted by atomic mass is 16.3. The fourth-order valence-corrected chi connectivity index (χ4v) is 7.20. The van der Waals surface area contributed by atoms with Gasteiger partial charge < -0.3 is 4.42 Å². The standard InChI is InChI=1S/C48H30O/c1-2-12-31(13-3-1)32-22-24-33(25-23-32)37-16-6-7-17-38(37)48-41-20-10-8-18-39(41)47(40-19-9-11-21-42(40)48)36-26-27-45-43(29-36)44-28-34-14-4-5-15-35(34)30-46(44)49-45/h1-30H/i6D,7D,16D,17D,22D,23D,24D,25D. The van der Waals surface area contributed by atoms with Gasteiger partial charge in [0.25, 0.3) is 0 Å². The van der Waals surface area contributed by atoms with Crippen molar-refractivity contribution in [3.63, 3.8) is 0 Å². The van der Waals surface area contributed by atoms with Gasteiger partial charge in [0.05, 0.1) is 11.0 Å². The summed E-state index contributed by atoms with van der Waals surface area (Å²) < 4.78 is 79.5. The van der Waals surface area contributed by atoms with Crippen molar-refractivity contribution >= 4 is 54.3 Å². The first-order valence-electron chi connectivity index (χ1n) is 20.2. The van der Waals surface area contributed by atoms with Gasteiger partial charge in [0.1, 0.15) is 11.2 Å². The van der Waals surface area contributed by atoms with Gasteiger partial charge in [0, 0.05) is 10.8 Å².